The number of fused-ring (bicyclic) bond motifs is 4. The zero-order valence-corrected chi connectivity index (χ0v) is 63.3. The molecular formula is C69H84B2ClN6O15S5Y-. The van der Waals surface area contributed by atoms with Gasteiger partial charge in [0.25, 0.3) is 40.1 Å². The number of nitrogens with zero attached hydrogens (tertiary/aromatic N) is 2. The first kappa shape index (κ1) is 86.1. The van der Waals surface area contributed by atoms with Crippen LogP contribution in [0.5, 0.6) is 28.7 Å². The molecule has 0 saturated carbocycles. The molecule has 0 bridgehead atoms. The number of rotatable bonds is 15. The van der Waals surface area contributed by atoms with Crippen molar-refractivity contribution in [3.8, 4) is 28.7 Å². The number of anilines is 8. The normalized spacial score (nSPS) is 16.7. The number of unbranched alkanes of at least 4 members (excludes halogenated alkanes) is 4. The Labute approximate surface area is 619 Å². The summed E-state index contributed by atoms with van der Waals surface area (Å²) in [6.07, 6.45) is 9.09. The molecule has 8 aromatic rings. The first-order chi connectivity index (χ1) is 45.9. The summed E-state index contributed by atoms with van der Waals surface area (Å²) in [5.74, 6) is 2.26. The van der Waals surface area contributed by atoms with E-state index < -0.39 is 71.6 Å². The van der Waals surface area contributed by atoms with Gasteiger partial charge in [0.05, 0.1) is 39.8 Å². The van der Waals surface area contributed by atoms with Gasteiger partial charge in [-0.15, -0.1) is 11.6 Å². The van der Waals surface area contributed by atoms with Crippen LogP contribution >= 0.6 is 11.6 Å². The van der Waals surface area contributed by atoms with Gasteiger partial charge in [-0.05, 0) is 116 Å². The zero-order valence-electron chi connectivity index (χ0n) is 55.6. The minimum absolute atomic E-state index is 0. The summed E-state index contributed by atoms with van der Waals surface area (Å²) in [6, 6.07) is 62.1. The maximum absolute atomic E-state index is 13.0. The maximum atomic E-state index is 13.0. The molecule has 12 rings (SSSR count). The molecule has 527 valence electrons. The Morgan fingerprint density at radius 1 is 0.515 bits per heavy atom. The van der Waals surface area contributed by atoms with Gasteiger partial charge >= 0.3 is 0 Å². The quantitative estimate of drug-likeness (QED) is 0.0209. The summed E-state index contributed by atoms with van der Waals surface area (Å²) < 4.78 is 151. The Bertz CT molecular complexity index is 4140. The zero-order chi connectivity index (χ0) is 69.8. The topological polar surface area (TPSA) is 296 Å². The number of phenols is 1. The molecule has 0 saturated heterocycles. The van der Waals surface area contributed by atoms with Crippen molar-refractivity contribution >= 4 is 124 Å². The van der Waals surface area contributed by atoms with E-state index in [1.165, 1.54) is 15.0 Å². The number of para-hydroxylation sites is 13. The first-order valence-electron chi connectivity index (χ1n) is 31.1. The molecule has 99 heavy (non-hydrogen) atoms. The summed E-state index contributed by atoms with van der Waals surface area (Å²) in [4.78, 5) is 0. The van der Waals surface area contributed by atoms with Crippen LogP contribution in [0.1, 0.15) is 98.3 Å². The van der Waals surface area contributed by atoms with Crippen LogP contribution in [0, 0.1) is 6.92 Å². The average molecular weight is 1540 g/mol. The maximum Gasteiger partial charge on any atom is 0.277 e. The molecule has 8 aromatic carbocycles. The van der Waals surface area contributed by atoms with Crippen LogP contribution in [0.3, 0.4) is 0 Å². The fourth-order valence-electron chi connectivity index (χ4n) is 9.10. The molecule has 7 radical (unpaired) electrons. The standard InChI is InChI=1S/2C17H19NO3S.C11H15NO3S.C7H8ClNO2S.C7H7NO3S.C6H7NO.C4H9.2B.Y/c2*1-2-3-13-17-21-16-12-8-7-11-15(16)18(22(17,19)20)14-9-5-4-6-10-14;1-2-3-8-11-15-10-7-5-4-6-9(10)12-16(11,13)14;8-6-12(10,11)9-7-4-2-1-3-5-7;9-12(10)5-11-7-4-2-1-3-6(7)8-12;7-5-3-1-2-4-6(5)8;1-3-4-2;;;/h2*4-12,17H,2-3,13H2,1H3;4-7,11-12H,2-3,8H2,1H3;1-5,9H,6H2;1-4,8H,5H2;1-4,8H,7H2;1,3-4H2,2H3;;;/q;;;;;;-1;;;. The van der Waals surface area contributed by atoms with Crippen LogP contribution in [0.2, 0.25) is 0 Å². The van der Waals surface area contributed by atoms with Crippen LogP contribution in [-0.4, -0.2) is 91.5 Å². The second-order valence-electron chi connectivity index (χ2n) is 21.5. The van der Waals surface area contributed by atoms with Crippen molar-refractivity contribution in [3.63, 3.8) is 0 Å². The van der Waals surface area contributed by atoms with Gasteiger partial charge in [0.1, 0.15) is 34.0 Å². The van der Waals surface area contributed by atoms with E-state index in [1.807, 2.05) is 99.6 Å². The molecule has 0 aromatic heterocycles. The SMILES string of the molecule is CCCCC1Oc2ccccc2N(c2ccccc2)S1(=O)=O.CCCCC1Oc2ccccc2N(c2ccccc2)S1(=O)=O.CCCCC1Oc2ccccc2NS1(=O)=O.Nc1ccccc1O.O=S(=O)(CCl)Nc1ccccc1.O=S1(=O)COc2ccccc2N1.[B].[B].[CH2-]CCC.[Y]. The third-order valence-electron chi connectivity index (χ3n) is 14.0. The number of sulfonamides is 5. The Balaban J connectivity index is 0.000000312. The fourth-order valence-corrected chi connectivity index (χ4v) is 15.5. The molecule has 4 aliphatic rings. The van der Waals surface area contributed by atoms with Crippen molar-refractivity contribution in [2.24, 2.45) is 0 Å². The number of ether oxygens (including phenoxy) is 4. The molecule has 4 heterocycles. The number of alkyl halides is 1. The van der Waals surface area contributed by atoms with Crippen molar-refractivity contribution in [3.05, 3.63) is 219 Å². The minimum Gasteiger partial charge on any atom is -0.506 e. The van der Waals surface area contributed by atoms with E-state index in [4.69, 9.17) is 41.4 Å². The van der Waals surface area contributed by atoms with Gasteiger partial charge in [-0.3, -0.25) is 14.2 Å². The summed E-state index contributed by atoms with van der Waals surface area (Å²) in [7, 11) is -17.2. The van der Waals surface area contributed by atoms with E-state index in [-0.39, 0.29) is 61.2 Å². The summed E-state index contributed by atoms with van der Waals surface area (Å²) in [5.41, 5.74) is 7.24. The smallest absolute Gasteiger partial charge is 0.277 e. The van der Waals surface area contributed by atoms with Gasteiger partial charge in [0, 0.05) is 74.5 Å². The molecule has 6 N–H and O–H groups in total. The number of halogens is 1. The van der Waals surface area contributed by atoms with Crippen LogP contribution < -0.4 is 47.5 Å². The predicted octanol–water partition coefficient (Wildman–Crippen LogP) is 14.7. The van der Waals surface area contributed by atoms with E-state index in [0.29, 0.717) is 87.8 Å². The molecule has 0 fully saturated rings. The molecular weight excluding hydrogens is 1460 g/mol. The van der Waals surface area contributed by atoms with Crippen molar-refractivity contribution in [2.75, 3.05) is 39.7 Å². The number of aromatic hydroxyl groups is 1. The van der Waals surface area contributed by atoms with Crippen LogP contribution in [0.25, 0.3) is 0 Å². The van der Waals surface area contributed by atoms with Gasteiger partial charge in [0.15, 0.2) is 0 Å². The van der Waals surface area contributed by atoms with Crippen molar-refractivity contribution in [1.29, 1.82) is 0 Å². The van der Waals surface area contributed by atoms with Crippen LogP contribution in [0.15, 0.2) is 212 Å². The molecule has 0 spiro atoms. The molecule has 3 unspecified atom stereocenters. The van der Waals surface area contributed by atoms with Gasteiger partial charge < -0.3 is 36.7 Å². The average Bonchev–Trinajstić information content (AvgIpc) is 0.758. The Morgan fingerprint density at radius 2 is 0.879 bits per heavy atom. The Morgan fingerprint density at radius 3 is 1.29 bits per heavy atom. The fraction of sp³-hybridized carbons (Fsp3) is 0.290. The molecule has 0 aliphatic carbocycles. The molecule has 21 nitrogen and oxygen atoms in total. The number of phenolic OH excluding ortho intramolecular Hbond substituents is 1. The monoisotopic (exact) mass is 1540 g/mol. The molecule has 0 amide bonds. The molecule has 3 atom stereocenters. The Hall–Kier alpha value is -7.17. The number of nitrogens with two attached hydrogens (primary N) is 1. The van der Waals surface area contributed by atoms with Crippen molar-refractivity contribution in [1.82, 2.24) is 0 Å². The largest absolute Gasteiger partial charge is 0.506 e. The summed E-state index contributed by atoms with van der Waals surface area (Å²) >= 11 is 5.19. The summed E-state index contributed by atoms with van der Waals surface area (Å²) in [6.45, 7) is 11.8. The van der Waals surface area contributed by atoms with Gasteiger partial charge in [-0.2, -0.15) is 6.42 Å². The van der Waals surface area contributed by atoms with Crippen molar-refractivity contribution < 1.29 is 98.9 Å². The van der Waals surface area contributed by atoms with E-state index in [2.05, 4.69) is 28.0 Å². The second kappa shape index (κ2) is 42.2. The van der Waals surface area contributed by atoms with Crippen LogP contribution in [0.4, 0.5) is 45.5 Å². The van der Waals surface area contributed by atoms with Gasteiger partial charge in [0.2, 0.25) is 32.3 Å². The van der Waals surface area contributed by atoms with E-state index in [1.54, 1.807) is 133 Å². The van der Waals surface area contributed by atoms with Gasteiger partial charge in [-0.1, -0.05) is 169 Å². The minimum atomic E-state index is -3.59. The molecule has 4 aliphatic heterocycles. The predicted molar refractivity (Wildman–Crippen MR) is 397 cm³/mol. The van der Waals surface area contributed by atoms with E-state index in [9.17, 15) is 42.1 Å². The summed E-state index contributed by atoms with van der Waals surface area (Å²) in [5, 5.41) is 8.37. The van der Waals surface area contributed by atoms with Crippen molar-refractivity contribution in [2.45, 2.75) is 115 Å². The first-order valence-corrected chi connectivity index (χ1v) is 39.5. The second-order valence-corrected chi connectivity index (χ2v) is 31.2. The third-order valence-corrected chi connectivity index (χ3v) is 22.0. The Kier molecular flexibility index (Phi) is 36.7. The number of benzene rings is 8. The number of hydrogen-bond donors (Lipinski definition) is 5. The third kappa shape index (κ3) is 25.8. The number of nitrogens with one attached hydrogen (secondary N) is 3. The number of hydrogen-bond acceptors (Lipinski definition) is 16. The van der Waals surface area contributed by atoms with E-state index >= 15 is 0 Å². The van der Waals surface area contributed by atoms with Gasteiger partial charge in [-0.25, -0.2) is 50.7 Å². The van der Waals surface area contributed by atoms with Crippen LogP contribution in [-0.2, 0) is 82.8 Å². The number of nitrogen functional groups attached to an aromatic ring is 1. The molecule has 30 heteroatoms. The van der Waals surface area contributed by atoms with E-state index in [0.717, 1.165) is 44.9 Å².